The molecule has 1 atom stereocenters. The van der Waals surface area contributed by atoms with E-state index in [-0.39, 0.29) is 5.92 Å². The predicted molar refractivity (Wildman–Crippen MR) is 194 cm³/mol. The summed E-state index contributed by atoms with van der Waals surface area (Å²) in [5, 5.41) is 4.75. The number of nitrogens with zero attached hydrogens (tertiary/aromatic N) is 2. The molecule has 0 radical (unpaired) electrons. The van der Waals surface area contributed by atoms with E-state index in [1.807, 2.05) is 6.07 Å². The van der Waals surface area contributed by atoms with Crippen molar-refractivity contribution in [1.82, 2.24) is 9.55 Å². The van der Waals surface area contributed by atoms with Crippen LogP contribution in [0, 0.1) is 0 Å². The van der Waals surface area contributed by atoms with Gasteiger partial charge in [-0.15, -0.1) is 0 Å². The standard InChI is InChI=1S/C44H32N2O/c1-2-12-30(13-3-1)35(28-25-32-14-10-19-39-40-20-11-29-45-44(40)47-43(32)39)36-16-5-4-15-34(36)31-23-26-33(27-24-31)46-41-21-8-6-17-37(41)38-18-7-9-22-42(38)46/h1-24,26-27,29,35H,25,28H2. The molecule has 0 aliphatic heterocycles. The molecule has 9 rings (SSSR count). The first-order valence-corrected chi connectivity index (χ1v) is 16.3. The third-order valence-corrected chi connectivity index (χ3v) is 9.61. The van der Waals surface area contributed by atoms with E-state index in [0.717, 1.165) is 34.9 Å². The Kier molecular flexibility index (Phi) is 6.68. The molecule has 9 aromatic rings. The fourth-order valence-electron chi connectivity index (χ4n) is 7.43. The molecule has 3 nitrogen and oxygen atoms in total. The Labute approximate surface area is 273 Å². The molecular formula is C44H32N2O. The summed E-state index contributed by atoms with van der Waals surface area (Å²) in [7, 11) is 0. The number of furan rings is 1. The van der Waals surface area contributed by atoms with Crippen molar-refractivity contribution in [2.45, 2.75) is 18.8 Å². The molecule has 0 amide bonds. The second-order valence-corrected chi connectivity index (χ2v) is 12.3. The second-order valence-electron chi connectivity index (χ2n) is 12.3. The van der Waals surface area contributed by atoms with Gasteiger partial charge in [-0.3, -0.25) is 0 Å². The summed E-state index contributed by atoms with van der Waals surface area (Å²) in [6.45, 7) is 0. The molecule has 0 N–H and O–H groups in total. The van der Waals surface area contributed by atoms with Crippen LogP contribution in [0.4, 0.5) is 0 Å². The number of para-hydroxylation sites is 3. The molecule has 1 unspecified atom stereocenters. The first-order chi connectivity index (χ1) is 23.3. The number of pyridine rings is 1. The molecule has 224 valence electrons. The molecule has 0 saturated carbocycles. The van der Waals surface area contributed by atoms with Crippen molar-refractivity contribution < 1.29 is 4.42 Å². The molecular weight excluding hydrogens is 572 g/mol. The molecule has 6 aromatic carbocycles. The lowest BCUT2D eigenvalue weighted by molar-refractivity contribution is 0.641. The maximum Gasteiger partial charge on any atom is 0.227 e. The monoisotopic (exact) mass is 604 g/mol. The first kappa shape index (κ1) is 27.4. The molecule has 3 heterocycles. The second kappa shape index (κ2) is 11.5. The molecule has 0 fully saturated rings. The van der Waals surface area contributed by atoms with Gasteiger partial charge in [0.25, 0.3) is 0 Å². The third-order valence-electron chi connectivity index (χ3n) is 9.61. The fourth-order valence-corrected chi connectivity index (χ4v) is 7.43. The Morgan fingerprint density at radius 2 is 1.21 bits per heavy atom. The smallest absolute Gasteiger partial charge is 0.227 e. The van der Waals surface area contributed by atoms with Crippen molar-refractivity contribution in [3.05, 3.63) is 181 Å². The minimum atomic E-state index is 0.210. The zero-order valence-electron chi connectivity index (χ0n) is 25.9. The summed E-state index contributed by atoms with van der Waals surface area (Å²) in [5.74, 6) is 0.210. The van der Waals surface area contributed by atoms with Crippen LogP contribution in [0.15, 0.2) is 168 Å². The van der Waals surface area contributed by atoms with E-state index >= 15 is 0 Å². The average Bonchev–Trinajstić information content (AvgIpc) is 3.69. The van der Waals surface area contributed by atoms with Crippen molar-refractivity contribution >= 4 is 43.9 Å². The van der Waals surface area contributed by atoms with Gasteiger partial charge in [0.05, 0.1) is 11.0 Å². The number of rotatable bonds is 7. The summed E-state index contributed by atoms with van der Waals surface area (Å²) < 4.78 is 8.68. The van der Waals surface area contributed by atoms with Gasteiger partial charge in [0.1, 0.15) is 5.58 Å². The lowest BCUT2D eigenvalue weighted by Crippen LogP contribution is -2.05. The van der Waals surface area contributed by atoms with Crippen LogP contribution in [-0.2, 0) is 6.42 Å². The molecule has 47 heavy (non-hydrogen) atoms. The number of aryl methyl sites for hydroxylation is 1. The maximum atomic E-state index is 6.30. The number of aromatic nitrogens is 2. The highest BCUT2D eigenvalue weighted by Crippen LogP contribution is 2.39. The van der Waals surface area contributed by atoms with Gasteiger partial charge in [0.15, 0.2) is 0 Å². The van der Waals surface area contributed by atoms with Crippen molar-refractivity contribution in [2.24, 2.45) is 0 Å². The van der Waals surface area contributed by atoms with E-state index in [2.05, 4.69) is 161 Å². The Morgan fingerprint density at radius 1 is 0.553 bits per heavy atom. The Hall–Kier alpha value is -5.93. The highest BCUT2D eigenvalue weighted by molar-refractivity contribution is 6.09. The van der Waals surface area contributed by atoms with Gasteiger partial charge in [-0.25, -0.2) is 4.98 Å². The zero-order valence-corrected chi connectivity index (χ0v) is 25.9. The maximum absolute atomic E-state index is 6.30. The molecule has 0 saturated heterocycles. The summed E-state index contributed by atoms with van der Waals surface area (Å²) in [4.78, 5) is 4.48. The predicted octanol–water partition coefficient (Wildman–Crippen LogP) is 11.5. The van der Waals surface area contributed by atoms with Crippen LogP contribution in [0.2, 0.25) is 0 Å². The van der Waals surface area contributed by atoms with Gasteiger partial charge in [-0.1, -0.05) is 121 Å². The molecule has 0 aliphatic carbocycles. The third kappa shape index (κ3) is 4.71. The molecule has 0 bridgehead atoms. The van der Waals surface area contributed by atoms with Crippen LogP contribution in [0.1, 0.15) is 29.0 Å². The van der Waals surface area contributed by atoms with E-state index in [1.54, 1.807) is 6.20 Å². The van der Waals surface area contributed by atoms with Gasteiger partial charge in [0, 0.05) is 39.3 Å². The Bertz CT molecular complexity index is 2470. The molecule has 3 aromatic heterocycles. The number of fused-ring (bicyclic) bond motifs is 6. The van der Waals surface area contributed by atoms with E-state index in [0.29, 0.717) is 5.71 Å². The highest BCUT2D eigenvalue weighted by Gasteiger charge is 2.20. The summed E-state index contributed by atoms with van der Waals surface area (Å²) >= 11 is 0. The van der Waals surface area contributed by atoms with E-state index < -0.39 is 0 Å². The lowest BCUT2D eigenvalue weighted by Gasteiger charge is -2.22. The van der Waals surface area contributed by atoms with Crippen molar-refractivity contribution in [3.8, 4) is 16.8 Å². The van der Waals surface area contributed by atoms with Crippen molar-refractivity contribution in [3.63, 3.8) is 0 Å². The van der Waals surface area contributed by atoms with Crippen LogP contribution in [0.5, 0.6) is 0 Å². The van der Waals surface area contributed by atoms with Crippen LogP contribution in [0.25, 0.3) is 60.7 Å². The largest absolute Gasteiger partial charge is 0.437 e. The van der Waals surface area contributed by atoms with Crippen molar-refractivity contribution in [1.29, 1.82) is 0 Å². The lowest BCUT2D eigenvalue weighted by atomic mass is 9.82. The van der Waals surface area contributed by atoms with Gasteiger partial charge in [-0.05, 0) is 77.1 Å². The van der Waals surface area contributed by atoms with Gasteiger partial charge in [-0.2, -0.15) is 0 Å². The minimum Gasteiger partial charge on any atom is -0.437 e. The van der Waals surface area contributed by atoms with Crippen LogP contribution < -0.4 is 0 Å². The number of hydrogen-bond acceptors (Lipinski definition) is 2. The summed E-state index contributed by atoms with van der Waals surface area (Å²) in [6.07, 6.45) is 3.63. The number of benzene rings is 6. The SMILES string of the molecule is c1ccc(C(CCc2cccc3c2oc2ncccc23)c2ccccc2-c2ccc(-n3c4ccccc4c4ccccc43)cc2)cc1. The van der Waals surface area contributed by atoms with Gasteiger partial charge < -0.3 is 8.98 Å². The van der Waals surface area contributed by atoms with E-state index in [1.165, 1.54) is 49.6 Å². The van der Waals surface area contributed by atoms with Gasteiger partial charge >= 0.3 is 0 Å². The highest BCUT2D eigenvalue weighted by atomic mass is 16.3. The topological polar surface area (TPSA) is 31.0 Å². The fraction of sp³-hybridized carbons (Fsp3) is 0.0682. The Balaban J connectivity index is 1.10. The minimum absolute atomic E-state index is 0.210. The van der Waals surface area contributed by atoms with E-state index in [9.17, 15) is 0 Å². The quantitative estimate of drug-likeness (QED) is 0.181. The zero-order chi connectivity index (χ0) is 31.2. The van der Waals surface area contributed by atoms with Crippen molar-refractivity contribution in [2.75, 3.05) is 0 Å². The van der Waals surface area contributed by atoms with Gasteiger partial charge in [0.2, 0.25) is 5.71 Å². The molecule has 3 heteroatoms. The van der Waals surface area contributed by atoms with Crippen LogP contribution in [0.3, 0.4) is 0 Å². The molecule has 0 aliphatic rings. The van der Waals surface area contributed by atoms with Crippen LogP contribution in [-0.4, -0.2) is 9.55 Å². The normalized spacial score (nSPS) is 12.3. The summed E-state index contributed by atoms with van der Waals surface area (Å²) in [5.41, 5.74) is 11.6. The Morgan fingerprint density at radius 3 is 2.00 bits per heavy atom. The van der Waals surface area contributed by atoms with E-state index in [4.69, 9.17) is 4.42 Å². The molecule has 0 spiro atoms. The van der Waals surface area contributed by atoms with Crippen LogP contribution >= 0.6 is 0 Å². The number of hydrogen-bond donors (Lipinski definition) is 0. The average molecular weight is 605 g/mol. The first-order valence-electron chi connectivity index (χ1n) is 16.3. The summed E-state index contributed by atoms with van der Waals surface area (Å²) in [6, 6.07) is 56.8.